The summed E-state index contributed by atoms with van der Waals surface area (Å²) in [5.74, 6) is -0.364. The van der Waals surface area contributed by atoms with E-state index in [1.807, 2.05) is 36.4 Å². The molecule has 7 nitrogen and oxygen atoms in total. The second kappa shape index (κ2) is 10.3. The molecule has 1 atom stereocenters. The second-order valence-electron chi connectivity index (χ2n) is 7.00. The van der Waals surface area contributed by atoms with Crippen LogP contribution in [-0.4, -0.2) is 42.1 Å². The highest BCUT2D eigenvalue weighted by molar-refractivity contribution is 9.10. The topological polar surface area (TPSA) is 93.3 Å². The zero-order valence-corrected chi connectivity index (χ0v) is 19.0. The third kappa shape index (κ3) is 5.52. The van der Waals surface area contributed by atoms with Crippen LogP contribution in [0.1, 0.15) is 16.7 Å². The molecule has 0 aliphatic rings. The SMILES string of the molecule is C=CCc1cccc(CC(NC(=O)Cc2c(Br)[nH]c3ccc(OC)nc23)C(=O)OC)c1. The number of H-pyrrole nitrogens is 1. The summed E-state index contributed by atoms with van der Waals surface area (Å²) in [6.45, 7) is 3.75. The number of carbonyl (C=O) groups excluding carboxylic acids is 2. The second-order valence-corrected chi connectivity index (χ2v) is 7.80. The van der Waals surface area contributed by atoms with Crippen molar-refractivity contribution in [1.29, 1.82) is 0 Å². The number of carbonyl (C=O) groups is 2. The summed E-state index contributed by atoms with van der Waals surface area (Å²) in [6.07, 6.45) is 2.91. The van der Waals surface area contributed by atoms with Crippen molar-refractivity contribution < 1.29 is 19.1 Å². The van der Waals surface area contributed by atoms with Crippen molar-refractivity contribution in [3.05, 3.63) is 70.3 Å². The summed E-state index contributed by atoms with van der Waals surface area (Å²) in [6, 6.07) is 10.6. The van der Waals surface area contributed by atoms with Crippen LogP contribution >= 0.6 is 15.9 Å². The Morgan fingerprint density at radius 2 is 2.03 bits per heavy atom. The first-order valence-corrected chi connectivity index (χ1v) is 10.5. The maximum Gasteiger partial charge on any atom is 0.328 e. The van der Waals surface area contributed by atoms with Gasteiger partial charge in [0.1, 0.15) is 6.04 Å². The van der Waals surface area contributed by atoms with E-state index >= 15 is 0 Å². The molecular formula is C23H24BrN3O4. The number of aromatic nitrogens is 2. The van der Waals surface area contributed by atoms with E-state index in [4.69, 9.17) is 9.47 Å². The van der Waals surface area contributed by atoms with Gasteiger partial charge in [-0.15, -0.1) is 6.58 Å². The van der Waals surface area contributed by atoms with E-state index in [0.29, 0.717) is 28.0 Å². The number of ether oxygens (including phenoxy) is 2. The van der Waals surface area contributed by atoms with Crippen LogP contribution in [0.2, 0.25) is 0 Å². The maximum absolute atomic E-state index is 12.8. The molecule has 1 unspecified atom stereocenters. The molecule has 0 saturated heterocycles. The Labute approximate surface area is 189 Å². The molecule has 162 valence electrons. The average Bonchev–Trinajstić information content (AvgIpc) is 3.07. The Balaban J connectivity index is 1.78. The Kier molecular flexibility index (Phi) is 7.46. The molecular weight excluding hydrogens is 462 g/mol. The predicted molar refractivity (Wildman–Crippen MR) is 122 cm³/mol. The van der Waals surface area contributed by atoms with E-state index in [1.54, 1.807) is 6.07 Å². The van der Waals surface area contributed by atoms with Crippen molar-refractivity contribution in [1.82, 2.24) is 15.3 Å². The number of benzene rings is 1. The highest BCUT2D eigenvalue weighted by atomic mass is 79.9. The number of rotatable bonds is 9. The predicted octanol–water partition coefficient (Wildman–Crippen LogP) is 3.51. The molecule has 1 aromatic carbocycles. The highest BCUT2D eigenvalue weighted by Gasteiger charge is 2.24. The normalized spacial score (nSPS) is 11.7. The number of nitrogens with zero attached hydrogens (tertiary/aromatic N) is 1. The van der Waals surface area contributed by atoms with E-state index in [2.05, 4.69) is 37.8 Å². The van der Waals surface area contributed by atoms with Gasteiger partial charge in [-0.05, 0) is 39.5 Å². The van der Waals surface area contributed by atoms with Gasteiger partial charge in [-0.25, -0.2) is 9.78 Å². The third-order valence-corrected chi connectivity index (χ3v) is 5.52. The third-order valence-electron chi connectivity index (χ3n) is 4.84. The molecule has 0 spiro atoms. The summed E-state index contributed by atoms with van der Waals surface area (Å²) < 4.78 is 10.8. The van der Waals surface area contributed by atoms with Gasteiger partial charge in [0.15, 0.2) is 0 Å². The van der Waals surface area contributed by atoms with Crippen LogP contribution in [0.25, 0.3) is 11.0 Å². The number of hydrogen-bond acceptors (Lipinski definition) is 5. The molecule has 31 heavy (non-hydrogen) atoms. The number of nitrogens with one attached hydrogen (secondary N) is 2. The smallest absolute Gasteiger partial charge is 0.328 e. The number of pyridine rings is 1. The summed E-state index contributed by atoms with van der Waals surface area (Å²) in [5, 5.41) is 2.80. The molecule has 0 aliphatic carbocycles. The minimum absolute atomic E-state index is 0.0325. The maximum atomic E-state index is 12.8. The minimum Gasteiger partial charge on any atom is -0.481 e. The van der Waals surface area contributed by atoms with E-state index in [0.717, 1.165) is 23.1 Å². The fourth-order valence-electron chi connectivity index (χ4n) is 3.37. The molecule has 1 amide bonds. The number of halogens is 1. The van der Waals surface area contributed by atoms with Gasteiger partial charge >= 0.3 is 5.97 Å². The highest BCUT2D eigenvalue weighted by Crippen LogP contribution is 2.27. The van der Waals surface area contributed by atoms with Crippen molar-refractivity contribution in [2.75, 3.05) is 14.2 Å². The quantitative estimate of drug-likeness (QED) is 0.357. The van der Waals surface area contributed by atoms with Gasteiger partial charge < -0.3 is 19.8 Å². The number of hydrogen-bond donors (Lipinski definition) is 2. The number of amides is 1. The van der Waals surface area contributed by atoms with Gasteiger partial charge in [-0.2, -0.15) is 0 Å². The monoisotopic (exact) mass is 485 g/mol. The summed E-state index contributed by atoms with van der Waals surface area (Å²) in [5.41, 5.74) is 4.11. The zero-order valence-electron chi connectivity index (χ0n) is 17.4. The number of fused-ring (bicyclic) bond motifs is 1. The van der Waals surface area contributed by atoms with Crippen molar-refractivity contribution in [2.45, 2.75) is 25.3 Å². The first-order chi connectivity index (χ1) is 14.9. The lowest BCUT2D eigenvalue weighted by molar-refractivity contribution is -0.145. The molecule has 0 saturated carbocycles. The van der Waals surface area contributed by atoms with Crippen molar-refractivity contribution in [3.8, 4) is 5.88 Å². The van der Waals surface area contributed by atoms with E-state index in [-0.39, 0.29) is 12.3 Å². The van der Waals surface area contributed by atoms with Crippen LogP contribution in [0.5, 0.6) is 5.88 Å². The number of esters is 1. The lowest BCUT2D eigenvalue weighted by Gasteiger charge is -2.17. The molecule has 0 fully saturated rings. The molecule has 0 aliphatic heterocycles. The van der Waals surface area contributed by atoms with Crippen LogP contribution in [0.4, 0.5) is 0 Å². The van der Waals surface area contributed by atoms with E-state index < -0.39 is 12.0 Å². The molecule has 8 heteroatoms. The van der Waals surface area contributed by atoms with Crippen LogP contribution in [0.15, 0.2) is 53.7 Å². The number of methoxy groups -OCH3 is 2. The molecule has 2 aromatic heterocycles. The lowest BCUT2D eigenvalue weighted by atomic mass is 10.0. The molecule has 3 aromatic rings. The zero-order chi connectivity index (χ0) is 22.4. The molecule has 0 radical (unpaired) electrons. The average molecular weight is 486 g/mol. The lowest BCUT2D eigenvalue weighted by Crippen LogP contribution is -2.43. The fourth-order valence-corrected chi connectivity index (χ4v) is 3.91. The Hall–Kier alpha value is -3.13. The van der Waals surface area contributed by atoms with E-state index in [9.17, 15) is 9.59 Å². The standard InChI is InChI=1S/C23H24BrN3O4/c1-4-6-14-7-5-8-15(11-14)12-18(23(29)31-3)25-19(28)13-16-21-17(26-22(16)24)9-10-20(27-21)30-2/h4-5,7-11,18,26H,1,6,12-13H2,2-3H3,(H,25,28). The minimum atomic E-state index is -0.803. The first kappa shape index (κ1) is 22.6. The van der Waals surface area contributed by atoms with Gasteiger partial charge in [0.05, 0.1) is 36.3 Å². The Morgan fingerprint density at radius 3 is 2.74 bits per heavy atom. The summed E-state index contributed by atoms with van der Waals surface area (Å²) in [4.78, 5) is 32.7. The van der Waals surface area contributed by atoms with Gasteiger partial charge in [0, 0.05) is 18.1 Å². The van der Waals surface area contributed by atoms with Gasteiger partial charge in [-0.1, -0.05) is 30.3 Å². The van der Waals surface area contributed by atoms with Crippen LogP contribution in [0, 0.1) is 0 Å². The summed E-state index contributed by atoms with van der Waals surface area (Å²) >= 11 is 3.45. The molecule has 3 rings (SSSR count). The van der Waals surface area contributed by atoms with Crippen molar-refractivity contribution in [2.24, 2.45) is 0 Å². The number of aromatic amines is 1. The van der Waals surface area contributed by atoms with Crippen LogP contribution < -0.4 is 10.1 Å². The summed E-state index contributed by atoms with van der Waals surface area (Å²) in [7, 11) is 2.84. The van der Waals surface area contributed by atoms with E-state index in [1.165, 1.54) is 14.2 Å². The van der Waals surface area contributed by atoms with Crippen molar-refractivity contribution in [3.63, 3.8) is 0 Å². The number of allylic oxidation sites excluding steroid dienone is 1. The Morgan fingerprint density at radius 1 is 1.26 bits per heavy atom. The van der Waals surface area contributed by atoms with Gasteiger partial charge in [-0.3, -0.25) is 4.79 Å². The molecule has 0 bridgehead atoms. The molecule has 2 heterocycles. The largest absolute Gasteiger partial charge is 0.481 e. The van der Waals surface area contributed by atoms with Crippen LogP contribution in [-0.2, 0) is 33.6 Å². The van der Waals surface area contributed by atoms with Gasteiger partial charge in [0.25, 0.3) is 0 Å². The Bertz CT molecular complexity index is 1110. The van der Waals surface area contributed by atoms with Gasteiger partial charge in [0.2, 0.25) is 11.8 Å². The van der Waals surface area contributed by atoms with Crippen LogP contribution in [0.3, 0.4) is 0 Å². The van der Waals surface area contributed by atoms with Crippen molar-refractivity contribution >= 4 is 38.8 Å². The first-order valence-electron chi connectivity index (χ1n) is 9.72. The fraction of sp³-hybridized carbons (Fsp3) is 0.261. The molecule has 2 N–H and O–H groups in total.